The number of nitrogen functional groups attached to an aromatic ring is 1. The molecule has 1 atom stereocenters. The fourth-order valence-corrected chi connectivity index (χ4v) is 3.18. The van der Waals surface area contributed by atoms with Gasteiger partial charge in [0.2, 0.25) is 0 Å². The van der Waals surface area contributed by atoms with Gasteiger partial charge in [-0.1, -0.05) is 0 Å². The van der Waals surface area contributed by atoms with E-state index in [1.54, 1.807) is 6.07 Å². The van der Waals surface area contributed by atoms with Crippen LogP contribution in [0.3, 0.4) is 0 Å². The summed E-state index contributed by atoms with van der Waals surface area (Å²) in [5, 5.41) is 12.3. The highest BCUT2D eigenvalue weighted by atomic mass is 32.1. The van der Waals surface area contributed by atoms with Gasteiger partial charge in [-0.15, -0.1) is 11.3 Å². The molecule has 2 rings (SSSR count). The molecule has 3 nitrogen and oxygen atoms in total. The summed E-state index contributed by atoms with van der Waals surface area (Å²) in [4.78, 5) is 2.65. The molecular formula is C15H17N3S. The largest absolute Gasteiger partial charge is 0.398 e. The molecule has 4 heteroatoms. The molecule has 1 aromatic heterocycles. The topological polar surface area (TPSA) is 61.8 Å². The van der Waals surface area contributed by atoms with Crippen LogP contribution in [0.15, 0.2) is 24.3 Å². The highest BCUT2D eigenvalue weighted by Crippen LogP contribution is 2.29. The number of nitriles is 1. The zero-order chi connectivity index (χ0) is 14.0. The van der Waals surface area contributed by atoms with E-state index in [0.717, 1.165) is 5.69 Å². The van der Waals surface area contributed by atoms with E-state index >= 15 is 0 Å². The Hall–Kier alpha value is -1.99. The van der Waals surface area contributed by atoms with Gasteiger partial charge < -0.3 is 11.1 Å². The lowest BCUT2D eigenvalue weighted by Gasteiger charge is -2.16. The summed E-state index contributed by atoms with van der Waals surface area (Å²) in [6, 6.07) is 9.95. The van der Waals surface area contributed by atoms with Gasteiger partial charge in [-0.05, 0) is 50.6 Å². The highest BCUT2D eigenvalue weighted by molar-refractivity contribution is 7.12. The molecule has 98 valence electrons. The molecule has 0 spiro atoms. The Labute approximate surface area is 117 Å². The third-order valence-electron chi connectivity index (χ3n) is 3.10. The molecule has 0 aliphatic heterocycles. The van der Waals surface area contributed by atoms with E-state index < -0.39 is 0 Å². The molecule has 2 aromatic rings. The van der Waals surface area contributed by atoms with Crippen molar-refractivity contribution in [2.75, 3.05) is 11.1 Å². The maximum atomic E-state index is 8.86. The van der Waals surface area contributed by atoms with Gasteiger partial charge in [0.15, 0.2) is 0 Å². The molecule has 0 saturated carbocycles. The smallest absolute Gasteiger partial charge is 0.101 e. The van der Waals surface area contributed by atoms with Crippen molar-refractivity contribution in [2.45, 2.75) is 26.8 Å². The van der Waals surface area contributed by atoms with Gasteiger partial charge in [0, 0.05) is 21.5 Å². The van der Waals surface area contributed by atoms with E-state index in [9.17, 15) is 0 Å². The van der Waals surface area contributed by atoms with Gasteiger partial charge in [-0.2, -0.15) is 5.26 Å². The van der Waals surface area contributed by atoms with Crippen LogP contribution in [0.5, 0.6) is 0 Å². The summed E-state index contributed by atoms with van der Waals surface area (Å²) >= 11 is 1.81. The second-order valence-corrected chi connectivity index (χ2v) is 6.11. The van der Waals surface area contributed by atoms with Gasteiger partial charge >= 0.3 is 0 Å². The molecule has 0 radical (unpaired) electrons. The van der Waals surface area contributed by atoms with Crippen LogP contribution in [0.4, 0.5) is 11.4 Å². The van der Waals surface area contributed by atoms with Crippen LogP contribution in [-0.2, 0) is 0 Å². The lowest BCUT2D eigenvalue weighted by Crippen LogP contribution is -2.07. The zero-order valence-corrected chi connectivity index (χ0v) is 12.1. The van der Waals surface area contributed by atoms with Gasteiger partial charge in [-0.3, -0.25) is 0 Å². The summed E-state index contributed by atoms with van der Waals surface area (Å²) in [5.74, 6) is 0. The van der Waals surface area contributed by atoms with Crippen LogP contribution in [0.2, 0.25) is 0 Å². The van der Waals surface area contributed by atoms with Crippen LogP contribution in [0, 0.1) is 25.2 Å². The van der Waals surface area contributed by atoms with Crippen molar-refractivity contribution in [3.8, 4) is 6.07 Å². The normalized spacial score (nSPS) is 11.9. The highest BCUT2D eigenvalue weighted by Gasteiger charge is 2.11. The first kappa shape index (κ1) is 13.4. The quantitative estimate of drug-likeness (QED) is 0.830. The molecule has 0 bridgehead atoms. The fourth-order valence-electron chi connectivity index (χ4n) is 2.16. The average Bonchev–Trinajstić information content (AvgIpc) is 2.69. The van der Waals surface area contributed by atoms with Crippen LogP contribution in [-0.4, -0.2) is 0 Å². The van der Waals surface area contributed by atoms with E-state index in [1.165, 1.54) is 15.3 Å². The SMILES string of the molecule is Cc1cc(C(C)Nc2ccc(C#N)c(N)c2)c(C)s1. The summed E-state index contributed by atoms with van der Waals surface area (Å²) in [5.41, 5.74) is 9.09. The Balaban J connectivity index is 2.20. The van der Waals surface area contributed by atoms with Crippen LogP contribution < -0.4 is 11.1 Å². The number of rotatable bonds is 3. The summed E-state index contributed by atoms with van der Waals surface area (Å²) in [6.45, 7) is 6.38. The van der Waals surface area contributed by atoms with Crippen molar-refractivity contribution in [3.05, 3.63) is 45.1 Å². The minimum Gasteiger partial charge on any atom is -0.398 e. The van der Waals surface area contributed by atoms with Gasteiger partial charge in [-0.25, -0.2) is 0 Å². The van der Waals surface area contributed by atoms with Crippen molar-refractivity contribution in [2.24, 2.45) is 0 Å². The Morgan fingerprint density at radius 1 is 1.32 bits per heavy atom. The predicted molar refractivity (Wildman–Crippen MR) is 81.4 cm³/mol. The molecular weight excluding hydrogens is 254 g/mol. The number of nitrogens with zero attached hydrogens (tertiary/aromatic N) is 1. The Morgan fingerprint density at radius 2 is 2.05 bits per heavy atom. The Bertz CT molecular complexity index is 637. The molecule has 19 heavy (non-hydrogen) atoms. The second-order valence-electron chi connectivity index (χ2n) is 4.65. The summed E-state index contributed by atoms with van der Waals surface area (Å²) in [6.07, 6.45) is 0. The van der Waals surface area contributed by atoms with Gasteiger partial charge in [0.1, 0.15) is 6.07 Å². The van der Waals surface area contributed by atoms with Crippen LogP contribution >= 0.6 is 11.3 Å². The van der Waals surface area contributed by atoms with Crippen LogP contribution in [0.1, 0.15) is 33.8 Å². The number of hydrogen-bond acceptors (Lipinski definition) is 4. The number of hydrogen-bond donors (Lipinski definition) is 2. The number of anilines is 2. The number of aryl methyl sites for hydroxylation is 2. The molecule has 3 N–H and O–H groups in total. The van der Waals surface area contributed by atoms with Crippen LogP contribution in [0.25, 0.3) is 0 Å². The van der Waals surface area contributed by atoms with E-state index in [4.69, 9.17) is 11.0 Å². The predicted octanol–water partition coefficient (Wildman–Crippen LogP) is 3.99. The number of thiophene rings is 1. The minimum atomic E-state index is 0.220. The van der Waals surface area contributed by atoms with Crippen molar-refractivity contribution < 1.29 is 0 Å². The lowest BCUT2D eigenvalue weighted by atomic mass is 10.1. The summed E-state index contributed by atoms with van der Waals surface area (Å²) < 4.78 is 0. The summed E-state index contributed by atoms with van der Waals surface area (Å²) in [7, 11) is 0. The third kappa shape index (κ3) is 2.88. The molecule has 0 saturated heterocycles. The molecule has 1 unspecified atom stereocenters. The van der Waals surface area contributed by atoms with Crippen molar-refractivity contribution >= 4 is 22.7 Å². The fraction of sp³-hybridized carbons (Fsp3) is 0.267. The second kappa shape index (κ2) is 5.33. The standard InChI is InChI=1S/C15H17N3S/c1-9-6-14(11(3)19-9)10(2)18-13-5-4-12(8-16)15(17)7-13/h4-7,10,18H,17H2,1-3H3. The molecule has 1 aromatic carbocycles. The first-order valence-corrected chi connectivity index (χ1v) is 6.96. The van der Waals surface area contributed by atoms with E-state index in [1.807, 2.05) is 23.5 Å². The number of nitrogens with one attached hydrogen (secondary N) is 1. The number of nitrogens with two attached hydrogens (primary N) is 1. The van der Waals surface area contributed by atoms with Gasteiger partial charge in [0.05, 0.1) is 11.3 Å². The number of benzene rings is 1. The average molecular weight is 271 g/mol. The first-order chi connectivity index (χ1) is 9.01. The Kier molecular flexibility index (Phi) is 3.77. The van der Waals surface area contributed by atoms with E-state index in [2.05, 4.69) is 38.2 Å². The van der Waals surface area contributed by atoms with Crippen molar-refractivity contribution in [1.82, 2.24) is 0 Å². The van der Waals surface area contributed by atoms with Crippen molar-refractivity contribution in [1.29, 1.82) is 5.26 Å². The van der Waals surface area contributed by atoms with E-state index in [0.29, 0.717) is 11.3 Å². The third-order valence-corrected chi connectivity index (χ3v) is 4.08. The molecule has 0 aliphatic carbocycles. The minimum absolute atomic E-state index is 0.220. The molecule has 0 aliphatic rings. The van der Waals surface area contributed by atoms with Gasteiger partial charge in [0.25, 0.3) is 0 Å². The maximum absolute atomic E-state index is 8.86. The first-order valence-electron chi connectivity index (χ1n) is 6.14. The molecule has 1 heterocycles. The monoisotopic (exact) mass is 271 g/mol. The molecule has 0 fully saturated rings. The maximum Gasteiger partial charge on any atom is 0.101 e. The molecule has 0 amide bonds. The Morgan fingerprint density at radius 3 is 2.58 bits per heavy atom. The lowest BCUT2D eigenvalue weighted by molar-refractivity contribution is 0.882. The van der Waals surface area contributed by atoms with E-state index in [-0.39, 0.29) is 6.04 Å². The van der Waals surface area contributed by atoms with Crippen molar-refractivity contribution in [3.63, 3.8) is 0 Å². The zero-order valence-electron chi connectivity index (χ0n) is 11.3.